The Hall–Kier alpha value is -3.14. The van der Waals surface area contributed by atoms with Crippen LogP contribution in [0, 0.1) is 0 Å². The molecule has 1 aromatic heterocycles. The molecule has 1 aliphatic rings. The minimum absolute atomic E-state index is 0. The Morgan fingerprint density at radius 2 is 1.55 bits per heavy atom. The number of aromatic nitrogens is 1. The van der Waals surface area contributed by atoms with Crippen molar-refractivity contribution < 1.29 is 19.1 Å². The molecule has 10 heteroatoms. The summed E-state index contributed by atoms with van der Waals surface area (Å²) in [6.07, 6.45) is 0. The first kappa shape index (κ1) is 29.4. The van der Waals surface area contributed by atoms with Crippen molar-refractivity contribution in [1.29, 1.82) is 0 Å². The highest BCUT2D eigenvalue weighted by molar-refractivity contribution is 8.93. The molecule has 0 radical (unpaired) electrons. The van der Waals surface area contributed by atoms with Crippen LogP contribution in [0.5, 0.6) is 0 Å². The molecule has 0 amide bonds. The number of para-hydroxylation sites is 1. The first-order valence-electron chi connectivity index (χ1n) is 11.9. The Bertz CT molecular complexity index is 1340. The molecule has 1 aliphatic heterocycles. The van der Waals surface area contributed by atoms with Crippen LogP contribution in [0.2, 0.25) is 5.02 Å². The summed E-state index contributed by atoms with van der Waals surface area (Å²) in [6.45, 7) is 7.55. The van der Waals surface area contributed by atoms with Crippen LogP contribution in [0.15, 0.2) is 76.5 Å². The van der Waals surface area contributed by atoms with E-state index in [2.05, 4.69) is 10.6 Å². The maximum atomic E-state index is 13.1. The Kier molecular flexibility index (Phi) is 10.1. The predicted octanol–water partition coefficient (Wildman–Crippen LogP) is 7.15. The van der Waals surface area contributed by atoms with Crippen LogP contribution in [0.25, 0.3) is 11.3 Å². The van der Waals surface area contributed by atoms with E-state index in [0.717, 1.165) is 22.5 Å². The maximum absolute atomic E-state index is 13.1. The van der Waals surface area contributed by atoms with Crippen LogP contribution in [-0.4, -0.2) is 30.1 Å². The highest BCUT2D eigenvalue weighted by atomic mass is 79.9. The number of thiazole rings is 1. The molecule has 2 heterocycles. The Morgan fingerprint density at radius 3 is 2.13 bits per heavy atom. The van der Waals surface area contributed by atoms with E-state index in [1.807, 2.05) is 53.9 Å². The van der Waals surface area contributed by atoms with E-state index in [0.29, 0.717) is 32.7 Å². The molecule has 0 fully saturated rings. The molecule has 4 rings (SSSR count). The number of carbonyl (C=O) groups excluding carboxylic acids is 2. The van der Waals surface area contributed by atoms with Crippen molar-refractivity contribution in [3.05, 3.63) is 87.0 Å². The number of benzene rings is 2. The highest BCUT2D eigenvalue weighted by Crippen LogP contribution is 2.43. The normalized spacial score (nSPS) is 13.5. The molecule has 3 aromatic rings. The van der Waals surface area contributed by atoms with Crippen molar-refractivity contribution in [3.8, 4) is 11.3 Å². The number of nitrogens with zero attached hydrogens (tertiary/aromatic N) is 1. The summed E-state index contributed by atoms with van der Waals surface area (Å²) in [5, 5.41) is 9.86. The second-order valence-corrected chi connectivity index (χ2v) is 9.63. The van der Waals surface area contributed by atoms with Gasteiger partial charge in [-0.2, -0.15) is 0 Å². The molecule has 0 unspecified atom stereocenters. The fraction of sp³-hybridized carbons (Fsp3) is 0.250. The number of rotatable bonds is 8. The molecule has 0 spiro atoms. The Morgan fingerprint density at radius 1 is 0.974 bits per heavy atom. The van der Waals surface area contributed by atoms with Gasteiger partial charge in [0, 0.05) is 33.0 Å². The van der Waals surface area contributed by atoms with Crippen molar-refractivity contribution >= 4 is 62.7 Å². The largest absolute Gasteiger partial charge is 0.463 e. The zero-order valence-electron chi connectivity index (χ0n) is 21.5. The van der Waals surface area contributed by atoms with Gasteiger partial charge in [0.15, 0.2) is 5.13 Å². The molecule has 0 bridgehead atoms. The molecule has 38 heavy (non-hydrogen) atoms. The van der Waals surface area contributed by atoms with Crippen LogP contribution >= 0.6 is 39.9 Å². The third-order valence-corrected chi connectivity index (χ3v) is 6.92. The smallest absolute Gasteiger partial charge is 0.336 e. The number of halogens is 2. The molecule has 200 valence electrons. The third-order valence-electron chi connectivity index (χ3n) is 5.91. The van der Waals surface area contributed by atoms with Gasteiger partial charge in [0.2, 0.25) is 0 Å². The van der Waals surface area contributed by atoms with Crippen LogP contribution in [0.4, 0.5) is 10.8 Å². The van der Waals surface area contributed by atoms with Gasteiger partial charge in [0.25, 0.3) is 0 Å². The summed E-state index contributed by atoms with van der Waals surface area (Å²) in [4.78, 5) is 31.0. The number of allylic oxidation sites excluding steroid dienone is 2. The van der Waals surface area contributed by atoms with Crippen molar-refractivity contribution in [2.75, 3.05) is 18.5 Å². The monoisotopic (exact) mass is 617 g/mol. The molecule has 7 nitrogen and oxygen atoms in total. The standard InChI is InChI=1S/C28H28ClN3O4S.BrH/c1-5-35-26(33)23-16(3)30-17(4)24(27(34)36-6-2)25(23)20-9-7-8-10-21(20)31-28-32-22(15-37-28)18-11-13-19(29)14-12-18;/h7-15,25,30H,5-6H2,1-4H3,(H,31,32);1H. The summed E-state index contributed by atoms with van der Waals surface area (Å²) in [7, 11) is 0. The fourth-order valence-corrected chi connectivity index (χ4v) is 5.18. The molecule has 0 aliphatic carbocycles. The molecule has 0 saturated heterocycles. The summed E-state index contributed by atoms with van der Waals surface area (Å²) in [6, 6.07) is 15.1. The number of hydrogen-bond donors (Lipinski definition) is 2. The number of anilines is 2. The Labute approximate surface area is 241 Å². The Balaban J connectivity index is 0.00000400. The van der Waals surface area contributed by atoms with Gasteiger partial charge in [-0.25, -0.2) is 14.6 Å². The summed E-state index contributed by atoms with van der Waals surface area (Å²) in [5.74, 6) is -1.67. The van der Waals surface area contributed by atoms with Crippen molar-refractivity contribution in [1.82, 2.24) is 10.3 Å². The molecule has 0 saturated carbocycles. The second-order valence-electron chi connectivity index (χ2n) is 8.33. The lowest BCUT2D eigenvalue weighted by molar-refractivity contribution is -0.139. The van der Waals surface area contributed by atoms with E-state index in [4.69, 9.17) is 26.1 Å². The van der Waals surface area contributed by atoms with Gasteiger partial charge >= 0.3 is 11.9 Å². The topological polar surface area (TPSA) is 89.5 Å². The summed E-state index contributed by atoms with van der Waals surface area (Å²) in [5.41, 5.74) is 5.20. The first-order valence-corrected chi connectivity index (χ1v) is 13.2. The van der Waals surface area contributed by atoms with E-state index in [1.165, 1.54) is 11.3 Å². The molecule has 0 atom stereocenters. The fourth-order valence-electron chi connectivity index (χ4n) is 4.33. The number of hydrogen-bond acceptors (Lipinski definition) is 8. The zero-order valence-corrected chi connectivity index (χ0v) is 24.7. The average molecular weight is 619 g/mol. The lowest BCUT2D eigenvalue weighted by atomic mass is 9.79. The predicted molar refractivity (Wildman–Crippen MR) is 157 cm³/mol. The van der Waals surface area contributed by atoms with Crippen molar-refractivity contribution in [2.24, 2.45) is 0 Å². The summed E-state index contributed by atoms with van der Waals surface area (Å²) < 4.78 is 10.8. The van der Waals surface area contributed by atoms with E-state index in [9.17, 15) is 9.59 Å². The number of nitrogens with one attached hydrogen (secondary N) is 2. The van der Waals surface area contributed by atoms with Gasteiger partial charge in [0.1, 0.15) is 0 Å². The molecular weight excluding hydrogens is 590 g/mol. The molecular formula is C28H29BrClN3O4S. The van der Waals surface area contributed by atoms with E-state index >= 15 is 0 Å². The SMILES string of the molecule is Br.CCOC(=O)C1=C(C)NC(C)=C(C(=O)OCC)C1c1ccccc1Nc1nc(-c2ccc(Cl)cc2)cs1. The van der Waals surface area contributed by atoms with Gasteiger partial charge in [-0.1, -0.05) is 41.9 Å². The minimum atomic E-state index is -0.696. The lowest BCUT2D eigenvalue weighted by Gasteiger charge is -2.31. The van der Waals surface area contributed by atoms with Gasteiger partial charge in [-0.05, 0) is 51.5 Å². The summed E-state index contributed by atoms with van der Waals surface area (Å²) >= 11 is 7.48. The van der Waals surface area contributed by atoms with Crippen LogP contribution in [-0.2, 0) is 19.1 Å². The highest BCUT2D eigenvalue weighted by Gasteiger charge is 2.39. The van der Waals surface area contributed by atoms with Gasteiger partial charge in [0.05, 0.1) is 36.0 Å². The number of carbonyl (C=O) groups is 2. The average Bonchev–Trinajstić information content (AvgIpc) is 3.33. The molecule has 2 aromatic carbocycles. The molecule has 2 N–H and O–H groups in total. The third kappa shape index (κ3) is 6.28. The number of esters is 2. The number of dihydropyridines is 1. The van der Waals surface area contributed by atoms with Crippen LogP contribution in [0.3, 0.4) is 0 Å². The van der Waals surface area contributed by atoms with Crippen molar-refractivity contribution in [3.63, 3.8) is 0 Å². The lowest BCUT2D eigenvalue weighted by Crippen LogP contribution is -2.32. The van der Waals surface area contributed by atoms with E-state index in [1.54, 1.807) is 27.7 Å². The maximum Gasteiger partial charge on any atom is 0.336 e. The minimum Gasteiger partial charge on any atom is -0.463 e. The van der Waals surface area contributed by atoms with Crippen LogP contribution < -0.4 is 10.6 Å². The quantitative estimate of drug-likeness (QED) is 0.259. The second kappa shape index (κ2) is 13.1. The number of ether oxygens (including phenoxy) is 2. The van der Waals surface area contributed by atoms with Gasteiger partial charge in [-0.3, -0.25) is 0 Å². The first-order chi connectivity index (χ1) is 17.8. The van der Waals surface area contributed by atoms with E-state index in [-0.39, 0.29) is 30.2 Å². The van der Waals surface area contributed by atoms with Gasteiger partial charge < -0.3 is 20.1 Å². The zero-order chi connectivity index (χ0) is 26.5. The van der Waals surface area contributed by atoms with Crippen LogP contribution in [0.1, 0.15) is 39.2 Å². The van der Waals surface area contributed by atoms with E-state index < -0.39 is 17.9 Å². The van der Waals surface area contributed by atoms with Crippen molar-refractivity contribution in [2.45, 2.75) is 33.6 Å². The van der Waals surface area contributed by atoms with Gasteiger partial charge in [-0.15, -0.1) is 28.3 Å².